The number of rotatable bonds is 10. The predicted octanol–water partition coefficient (Wildman–Crippen LogP) is 4.42. The summed E-state index contributed by atoms with van der Waals surface area (Å²) in [5.74, 6) is -3.15. The van der Waals surface area contributed by atoms with Crippen LogP contribution in [0.15, 0.2) is 54.6 Å². The number of esters is 1. The van der Waals surface area contributed by atoms with E-state index in [1.54, 1.807) is 23.1 Å². The molecule has 0 saturated carbocycles. The summed E-state index contributed by atoms with van der Waals surface area (Å²) < 4.78 is 34.3. The van der Waals surface area contributed by atoms with Gasteiger partial charge in [0.05, 0.1) is 5.52 Å². The third-order valence-corrected chi connectivity index (χ3v) is 7.54. The summed E-state index contributed by atoms with van der Waals surface area (Å²) in [4.78, 5) is 38.5. The van der Waals surface area contributed by atoms with E-state index in [2.05, 4.69) is 9.97 Å². The van der Waals surface area contributed by atoms with Crippen molar-refractivity contribution < 1.29 is 23.1 Å². The van der Waals surface area contributed by atoms with Crippen LogP contribution in [0.1, 0.15) is 46.4 Å². The molecule has 9 nitrogen and oxygen atoms in total. The maximum atomic E-state index is 14.5. The van der Waals surface area contributed by atoms with Crippen LogP contribution >= 0.6 is 0 Å². The van der Waals surface area contributed by atoms with Gasteiger partial charge in [-0.1, -0.05) is 36.8 Å². The lowest BCUT2D eigenvalue weighted by atomic mass is 9.97. The number of amides is 1. The lowest BCUT2D eigenvalue weighted by molar-refractivity contribution is -0.146. The summed E-state index contributed by atoms with van der Waals surface area (Å²) in [6.45, 7) is 1.42. The number of nitrogens with zero attached hydrogens (tertiary/aromatic N) is 4. The molecule has 1 aliphatic rings. The highest BCUT2D eigenvalue weighted by Crippen LogP contribution is 2.32. The normalized spacial score (nSPS) is 13.4. The van der Waals surface area contributed by atoms with Gasteiger partial charge in [0.15, 0.2) is 11.6 Å². The molecule has 5 rings (SSSR count). The summed E-state index contributed by atoms with van der Waals surface area (Å²) in [6, 6.07) is 13.9. The Hall–Kier alpha value is -4.48. The van der Waals surface area contributed by atoms with Crippen molar-refractivity contribution >= 4 is 28.7 Å². The van der Waals surface area contributed by atoms with Crippen molar-refractivity contribution in [3.8, 4) is 11.1 Å². The number of hydrogen-bond acceptors (Lipinski definition) is 8. The highest BCUT2D eigenvalue weighted by Gasteiger charge is 2.27. The van der Waals surface area contributed by atoms with Crippen LogP contribution in [0.25, 0.3) is 22.0 Å². The van der Waals surface area contributed by atoms with Gasteiger partial charge in [-0.3, -0.25) is 9.59 Å². The Morgan fingerprint density at radius 1 is 1.00 bits per heavy atom. The van der Waals surface area contributed by atoms with Gasteiger partial charge in [0.1, 0.15) is 18.3 Å². The molecule has 1 aliphatic heterocycles. The maximum absolute atomic E-state index is 14.5. The van der Waals surface area contributed by atoms with Gasteiger partial charge in [-0.05, 0) is 80.0 Å². The molecule has 2 heterocycles. The van der Waals surface area contributed by atoms with E-state index in [4.69, 9.17) is 16.2 Å². The highest BCUT2D eigenvalue weighted by molar-refractivity contribution is 6.06. The number of ether oxygens (including phenoxy) is 1. The molecule has 0 radical (unpaired) electrons. The van der Waals surface area contributed by atoms with E-state index in [9.17, 15) is 18.4 Å². The third-order valence-electron chi connectivity index (χ3n) is 7.54. The quantitative estimate of drug-likeness (QED) is 0.206. The number of anilines is 1. The van der Waals surface area contributed by atoms with Crippen molar-refractivity contribution in [3.63, 3.8) is 0 Å². The van der Waals surface area contributed by atoms with Gasteiger partial charge in [0.2, 0.25) is 5.95 Å². The molecule has 0 spiro atoms. The van der Waals surface area contributed by atoms with Crippen LogP contribution in [0.4, 0.5) is 14.7 Å². The van der Waals surface area contributed by atoms with Crippen molar-refractivity contribution in [2.45, 2.75) is 45.0 Å². The van der Waals surface area contributed by atoms with Gasteiger partial charge < -0.3 is 26.0 Å². The number of nitrogens with two attached hydrogens (primary N) is 2. The van der Waals surface area contributed by atoms with E-state index in [-0.39, 0.29) is 35.3 Å². The Morgan fingerprint density at radius 2 is 1.70 bits per heavy atom. The van der Waals surface area contributed by atoms with Gasteiger partial charge in [0.25, 0.3) is 5.91 Å². The monoisotopic (exact) mass is 588 g/mol. The van der Waals surface area contributed by atoms with Crippen LogP contribution in [-0.2, 0) is 29.2 Å². The first-order valence-electron chi connectivity index (χ1n) is 14.1. The smallest absolute Gasteiger partial charge is 0.323 e. The number of hydrogen-bond donors (Lipinski definition) is 2. The molecule has 0 fully saturated rings. The first kappa shape index (κ1) is 30.0. The summed E-state index contributed by atoms with van der Waals surface area (Å²) in [5.41, 5.74) is 15.6. The summed E-state index contributed by atoms with van der Waals surface area (Å²) in [5, 5.41) is 0.403. The second kappa shape index (κ2) is 12.8. The topological polar surface area (TPSA) is 128 Å². The molecule has 43 heavy (non-hydrogen) atoms. The average Bonchev–Trinajstić information content (AvgIpc) is 3.43. The number of benzene rings is 3. The lowest BCUT2D eigenvalue weighted by Gasteiger charge is -2.17. The zero-order valence-electron chi connectivity index (χ0n) is 24.1. The number of nitrogen functional groups attached to an aromatic ring is 1. The zero-order valence-corrected chi connectivity index (χ0v) is 24.1. The maximum Gasteiger partial charge on any atom is 0.323 e. The van der Waals surface area contributed by atoms with Crippen molar-refractivity contribution in [1.29, 1.82) is 0 Å². The Labute approximate surface area is 248 Å². The fourth-order valence-electron chi connectivity index (χ4n) is 5.25. The molecule has 0 saturated heterocycles. The van der Waals surface area contributed by atoms with Crippen LogP contribution in [0, 0.1) is 11.6 Å². The predicted molar refractivity (Wildman–Crippen MR) is 159 cm³/mol. The molecule has 3 aromatic carbocycles. The van der Waals surface area contributed by atoms with E-state index in [1.165, 1.54) is 0 Å². The third kappa shape index (κ3) is 6.79. The van der Waals surface area contributed by atoms with Gasteiger partial charge in [0, 0.05) is 24.0 Å². The van der Waals surface area contributed by atoms with Gasteiger partial charge >= 0.3 is 5.97 Å². The van der Waals surface area contributed by atoms with E-state index in [0.717, 1.165) is 42.6 Å². The number of aromatic nitrogens is 2. The summed E-state index contributed by atoms with van der Waals surface area (Å²) in [6.07, 6.45) is 2.08. The van der Waals surface area contributed by atoms with Crippen LogP contribution in [0.2, 0.25) is 0 Å². The van der Waals surface area contributed by atoms with Crippen molar-refractivity contribution in [1.82, 2.24) is 19.8 Å². The molecule has 224 valence electrons. The Bertz CT molecular complexity index is 1650. The van der Waals surface area contributed by atoms with Crippen LogP contribution in [-0.4, -0.2) is 58.3 Å². The van der Waals surface area contributed by atoms with E-state index < -0.39 is 23.6 Å². The standard InChI is InChI=1S/C32H34F2N6O3/c1-39(2)12-6-5-9-27(35)31(42)43-18-22-14-25(33)26(34)15-23(22)19-10-11-28-24(13-19)29(38-32(36)37-28)30(41)40-16-20-7-3-4-8-21(20)17-40/h3-4,7-8,10-11,13-15,27H,5-6,9,12,16-18,35H2,1-2H3,(H2,36,37,38)/t27-/m0/s1. The second-order valence-electron chi connectivity index (χ2n) is 11.0. The Kier molecular flexibility index (Phi) is 8.93. The van der Waals surface area contributed by atoms with E-state index in [1.807, 2.05) is 43.3 Å². The van der Waals surface area contributed by atoms with Crippen molar-refractivity contribution in [2.24, 2.45) is 5.73 Å². The molecular weight excluding hydrogens is 554 g/mol. The minimum Gasteiger partial charge on any atom is -0.460 e. The second-order valence-corrected chi connectivity index (χ2v) is 11.0. The minimum atomic E-state index is -1.08. The Morgan fingerprint density at radius 3 is 2.40 bits per heavy atom. The number of unbranched alkanes of at least 4 members (excludes halogenated alkanes) is 1. The lowest BCUT2D eigenvalue weighted by Crippen LogP contribution is -2.32. The molecule has 1 atom stereocenters. The molecular formula is C32H34F2N6O3. The van der Waals surface area contributed by atoms with Crippen LogP contribution in [0.3, 0.4) is 0 Å². The van der Waals surface area contributed by atoms with E-state index in [0.29, 0.717) is 36.0 Å². The van der Waals surface area contributed by atoms with Gasteiger partial charge in [-0.15, -0.1) is 0 Å². The van der Waals surface area contributed by atoms with Crippen molar-refractivity contribution in [2.75, 3.05) is 26.4 Å². The molecule has 1 amide bonds. The molecule has 1 aromatic heterocycles. The molecule has 0 unspecified atom stereocenters. The molecule has 4 aromatic rings. The highest BCUT2D eigenvalue weighted by atomic mass is 19.2. The van der Waals surface area contributed by atoms with Gasteiger partial charge in [-0.25, -0.2) is 18.7 Å². The SMILES string of the molecule is CN(C)CCCC[C@H](N)C(=O)OCc1cc(F)c(F)cc1-c1ccc2nc(N)nc(C(=O)N3Cc4ccccc4C3)c2c1. The molecule has 11 heteroatoms. The first-order valence-corrected chi connectivity index (χ1v) is 14.1. The van der Waals surface area contributed by atoms with E-state index >= 15 is 0 Å². The summed E-state index contributed by atoms with van der Waals surface area (Å²) >= 11 is 0. The first-order chi connectivity index (χ1) is 20.6. The molecule has 4 N–H and O–H groups in total. The largest absolute Gasteiger partial charge is 0.460 e. The molecule has 0 bridgehead atoms. The van der Waals surface area contributed by atoms with Crippen LogP contribution in [0.5, 0.6) is 0 Å². The number of carbonyl (C=O) groups excluding carboxylic acids is 2. The van der Waals surface area contributed by atoms with Crippen LogP contribution < -0.4 is 11.5 Å². The fourth-order valence-corrected chi connectivity index (χ4v) is 5.25. The minimum absolute atomic E-state index is 0.0567. The Balaban J connectivity index is 1.41. The molecule has 0 aliphatic carbocycles. The summed E-state index contributed by atoms with van der Waals surface area (Å²) in [7, 11) is 3.94. The fraction of sp³-hybridized carbons (Fsp3) is 0.312. The number of halogens is 2. The van der Waals surface area contributed by atoms with Crippen molar-refractivity contribution in [3.05, 3.63) is 88.6 Å². The average molecular weight is 589 g/mol. The number of carbonyl (C=O) groups is 2. The van der Waals surface area contributed by atoms with Gasteiger partial charge in [-0.2, -0.15) is 0 Å². The zero-order chi connectivity index (χ0) is 30.7. The number of fused-ring (bicyclic) bond motifs is 2.